The lowest BCUT2D eigenvalue weighted by Gasteiger charge is -2.21. The number of nitrogens with one attached hydrogen (secondary N) is 1. The van der Waals surface area contributed by atoms with E-state index in [0.29, 0.717) is 0 Å². The van der Waals surface area contributed by atoms with Crippen LogP contribution >= 0.6 is 0 Å². The summed E-state index contributed by atoms with van der Waals surface area (Å²) in [5, 5.41) is 6.43. The Hall–Kier alpha value is -3.34. The van der Waals surface area contributed by atoms with Crippen molar-refractivity contribution in [3.63, 3.8) is 0 Å². The highest BCUT2D eigenvalue weighted by molar-refractivity contribution is 7.92. The predicted octanol–water partition coefficient (Wildman–Crippen LogP) is 3.82. The molecule has 2 aromatic carbocycles. The lowest BCUT2D eigenvalue weighted by atomic mass is 10.2. The molecule has 0 spiro atoms. The highest BCUT2D eigenvalue weighted by atomic mass is 32.2. The number of nitrogens with zero attached hydrogens (tertiary/aromatic N) is 3. The number of carbonyl (C=O) groups is 1. The molecule has 0 bridgehead atoms. The van der Waals surface area contributed by atoms with Gasteiger partial charge >= 0.3 is 6.18 Å². The molecule has 7 nitrogen and oxygen atoms in total. The third-order valence-corrected chi connectivity index (χ3v) is 6.36. The maximum atomic E-state index is 13.0. The molecule has 1 aromatic heterocycles. The van der Waals surface area contributed by atoms with Gasteiger partial charge in [0.2, 0.25) is 0 Å². The summed E-state index contributed by atoms with van der Waals surface area (Å²) >= 11 is 0. The van der Waals surface area contributed by atoms with Gasteiger partial charge in [-0.05, 0) is 43.3 Å². The fraction of sp³-hybridized carbons (Fsp3) is 0.200. The van der Waals surface area contributed by atoms with E-state index in [1.54, 1.807) is 12.1 Å². The van der Waals surface area contributed by atoms with Crippen molar-refractivity contribution in [2.45, 2.75) is 18.0 Å². The molecule has 0 saturated heterocycles. The van der Waals surface area contributed by atoms with Crippen LogP contribution in [0.1, 0.15) is 21.5 Å². The molecule has 3 aromatic rings. The van der Waals surface area contributed by atoms with Crippen LogP contribution in [0, 0.1) is 6.92 Å². The zero-order valence-electron chi connectivity index (χ0n) is 16.8. The average molecular weight is 452 g/mol. The molecule has 0 aliphatic rings. The van der Waals surface area contributed by atoms with Crippen molar-refractivity contribution in [1.82, 2.24) is 9.78 Å². The molecule has 3 rings (SSSR count). The van der Waals surface area contributed by atoms with Crippen molar-refractivity contribution < 1.29 is 26.4 Å². The Morgan fingerprint density at radius 3 is 2.19 bits per heavy atom. The topological polar surface area (TPSA) is 84.3 Å². The Morgan fingerprint density at radius 2 is 1.65 bits per heavy atom. The van der Waals surface area contributed by atoms with Crippen LogP contribution in [0.5, 0.6) is 0 Å². The molecule has 1 N–H and O–H groups in total. The van der Waals surface area contributed by atoms with Crippen molar-refractivity contribution >= 4 is 27.4 Å². The summed E-state index contributed by atoms with van der Waals surface area (Å²) in [5.74, 6) is -0.709. The molecule has 11 heteroatoms. The van der Waals surface area contributed by atoms with Crippen LogP contribution < -0.4 is 9.62 Å². The Kier molecular flexibility index (Phi) is 5.81. The van der Waals surface area contributed by atoms with Crippen LogP contribution in [0.15, 0.2) is 59.6 Å². The Labute approximate surface area is 177 Å². The summed E-state index contributed by atoms with van der Waals surface area (Å²) in [6.45, 7) is 1.82. The molecule has 0 aliphatic carbocycles. The van der Waals surface area contributed by atoms with Crippen LogP contribution in [-0.4, -0.2) is 31.2 Å². The first-order valence-corrected chi connectivity index (χ1v) is 10.4. The van der Waals surface area contributed by atoms with E-state index >= 15 is 0 Å². The number of anilines is 2. The molecule has 31 heavy (non-hydrogen) atoms. The minimum atomic E-state index is -4.49. The number of carbonyl (C=O) groups excluding carboxylic acids is 1. The molecule has 1 heterocycles. The van der Waals surface area contributed by atoms with Crippen molar-refractivity contribution in [3.05, 3.63) is 71.4 Å². The lowest BCUT2D eigenvalue weighted by Crippen LogP contribution is -2.30. The van der Waals surface area contributed by atoms with Gasteiger partial charge in [0.25, 0.3) is 15.9 Å². The lowest BCUT2D eigenvalue weighted by molar-refractivity contribution is -0.137. The minimum absolute atomic E-state index is 0.00462. The van der Waals surface area contributed by atoms with E-state index in [2.05, 4.69) is 10.4 Å². The first-order valence-electron chi connectivity index (χ1n) is 8.97. The maximum Gasteiger partial charge on any atom is 0.416 e. The van der Waals surface area contributed by atoms with Gasteiger partial charge in [-0.25, -0.2) is 8.42 Å². The molecular formula is C20H19F3N4O3S. The predicted molar refractivity (Wildman–Crippen MR) is 109 cm³/mol. The number of hydrogen-bond acceptors (Lipinski definition) is 4. The summed E-state index contributed by atoms with van der Waals surface area (Å²) in [7, 11) is -1.21. The van der Waals surface area contributed by atoms with Gasteiger partial charge in [-0.2, -0.15) is 18.3 Å². The zero-order valence-corrected chi connectivity index (χ0v) is 17.6. The fourth-order valence-corrected chi connectivity index (χ4v) is 4.13. The highest BCUT2D eigenvalue weighted by Crippen LogP contribution is 2.30. The maximum absolute atomic E-state index is 13.0. The molecule has 1 amide bonds. The standard InChI is InChI=1S/C20H19F3N4O3S/c1-13-4-10-16(11-5-13)31(29,30)27(3)19-17(12-24-26(19)2)18(28)25-15-8-6-14(7-9-15)20(21,22)23/h4-12H,1-3H3,(H,25,28). The third-order valence-electron chi connectivity index (χ3n) is 4.60. The quantitative estimate of drug-likeness (QED) is 0.638. The van der Waals surface area contributed by atoms with Gasteiger partial charge in [0, 0.05) is 19.8 Å². The molecule has 0 radical (unpaired) electrons. The van der Waals surface area contributed by atoms with Crippen molar-refractivity contribution in [3.8, 4) is 0 Å². The van der Waals surface area contributed by atoms with Gasteiger partial charge in [0.1, 0.15) is 5.56 Å². The van der Waals surface area contributed by atoms with Gasteiger partial charge in [0.05, 0.1) is 16.7 Å². The number of benzene rings is 2. The number of amides is 1. The van der Waals surface area contributed by atoms with E-state index in [-0.39, 0.29) is 22.0 Å². The number of aromatic nitrogens is 2. The third kappa shape index (κ3) is 4.55. The molecule has 0 atom stereocenters. The number of sulfonamides is 1. The van der Waals surface area contributed by atoms with E-state index in [4.69, 9.17) is 0 Å². The molecule has 0 aliphatic heterocycles. The zero-order chi connectivity index (χ0) is 23.0. The number of rotatable bonds is 5. The van der Waals surface area contributed by atoms with E-state index < -0.39 is 27.7 Å². The van der Waals surface area contributed by atoms with Crippen LogP contribution in [0.3, 0.4) is 0 Å². The second-order valence-corrected chi connectivity index (χ2v) is 8.79. The monoisotopic (exact) mass is 452 g/mol. The summed E-state index contributed by atoms with van der Waals surface area (Å²) in [5.41, 5.74) is 0.104. The highest BCUT2D eigenvalue weighted by Gasteiger charge is 2.31. The number of alkyl halides is 3. The van der Waals surface area contributed by atoms with Gasteiger partial charge in [-0.1, -0.05) is 17.7 Å². The number of halogens is 3. The average Bonchev–Trinajstić information content (AvgIpc) is 3.09. The first kappa shape index (κ1) is 22.3. The SMILES string of the molecule is Cc1ccc(S(=O)(=O)N(C)c2c(C(=O)Nc3ccc(C(F)(F)F)cc3)cnn2C)cc1. The molecule has 0 unspecified atom stereocenters. The molecule has 164 valence electrons. The van der Waals surface area contributed by atoms with E-state index in [1.165, 1.54) is 37.1 Å². The van der Waals surface area contributed by atoms with Gasteiger partial charge < -0.3 is 5.32 Å². The van der Waals surface area contributed by atoms with Crippen LogP contribution in [0.2, 0.25) is 0 Å². The largest absolute Gasteiger partial charge is 0.416 e. The van der Waals surface area contributed by atoms with Gasteiger partial charge in [0.15, 0.2) is 5.82 Å². The summed E-state index contributed by atoms with van der Waals surface area (Å²) in [4.78, 5) is 12.8. The Bertz CT molecular complexity index is 1200. The molecule has 0 saturated carbocycles. The van der Waals surface area contributed by atoms with Crippen molar-refractivity contribution in [2.75, 3.05) is 16.7 Å². The van der Waals surface area contributed by atoms with Crippen LogP contribution in [-0.2, 0) is 23.2 Å². The number of hydrogen-bond donors (Lipinski definition) is 1. The molecular weight excluding hydrogens is 433 g/mol. The van der Waals surface area contributed by atoms with E-state index in [0.717, 1.165) is 34.1 Å². The van der Waals surface area contributed by atoms with Crippen molar-refractivity contribution in [2.24, 2.45) is 7.05 Å². The van der Waals surface area contributed by atoms with E-state index in [9.17, 15) is 26.4 Å². The van der Waals surface area contributed by atoms with Crippen molar-refractivity contribution in [1.29, 1.82) is 0 Å². The normalized spacial score (nSPS) is 11.9. The fourth-order valence-electron chi connectivity index (χ4n) is 2.89. The number of aryl methyl sites for hydroxylation is 2. The summed E-state index contributed by atoms with van der Waals surface area (Å²) < 4.78 is 66.3. The van der Waals surface area contributed by atoms with E-state index in [1.807, 2.05) is 6.92 Å². The summed E-state index contributed by atoms with van der Waals surface area (Å²) in [6, 6.07) is 10.1. The summed E-state index contributed by atoms with van der Waals surface area (Å²) in [6.07, 6.45) is -3.30. The molecule has 0 fully saturated rings. The van der Waals surface area contributed by atoms with Crippen LogP contribution in [0.4, 0.5) is 24.7 Å². The minimum Gasteiger partial charge on any atom is -0.322 e. The van der Waals surface area contributed by atoms with Gasteiger partial charge in [-0.15, -0.1) is 0 Å². The smallest absolute Gasteiger partial charge is 0.322 e. The second kappa shape index (κ2) is 8.06. The van der Waals surface area contributed by atoms with Gasteiger partial charge in [-0.3, -0.25) is 13.8 Å². The Morgan fingerprint density at radius 1 is 1.06 bits per heavy atom. The first-order chi connectivity index (χ1) is 14.4. The Balaban J connectivity index is 1.89. The van der Waals surface area contributed by atoms with Crippen LogP contribution in [0.25, 0.3) is 0 Å². The second-order valence-electron chi connectivity index (χ2n) is 6.82.